The van der Waals surface area contributed by atoms with Gasteiger partial charge in [0.25, 0.3) is 5.56 Å². The van der Waals surface area contributed by atoms with Gasteiger partial charge in [0.05, 0.1) is 6.61 Å². The van der Waals surface area contributed by atoms with Crippen LogP contribution in [0.1, 0.15) is 13.2 Å². The van der Waals surface area contributed by atoms with Crippen LogP contribution in [-0.2, 0) is 13.8 Å². The Morgan fingerprint density at radius 2 is 2.09 bits per heavy atom. The van der Waals surface area contributed by atoms with E-state index in [1.165, 1.54) is 0 Å². The molecule has 0 aliphatic carbocycles. The lowest BCUT2D eigenvalue weighted by Crippen LogP contribution is -2.50. The van der Waals surface area contributed by atoms with E-state index < -0.39 is 43.7 Å². The number of rotatable bonds is 7. The van der Waals surface area contributed by atoms with Crippen LogP contribution in [0, 0.1) is 0 Å². The minimum absolute atomic E-state index is 0.404. The predicted molar refractivity (Wildman–Crippen MR) is 70.9 cm³/mol. The molecule has 1 aromatic rings. The maximum absolute atomic E-state index is 14.3. The summed E-state index contributed by atoms with van der Waals surface area (Å²) >= 11 is 0. The highest BCUT2D eigenvalue weighted by molar-refractivity contribution is 7.46. The standard InChI is InChI=1S/C10H16FN2O8P/c1-10(20-2,5-21-22(17,18)19)7(15)8(11)13-4-3-6(14)12-9(13)16/h3-4,7-8,15H,5H2,1-2H3,(H,12,14,16)(H2,17,18,19)/t7-,8-,10+/m0/s1. The smallest absolute Gasteiger partial charge is 0.385 e. The van der Waals surface area contributed by atoms with Crippen molar-refractivity contribution in [1.29, 1.82) is 0 Å². The highest BCUT2D eigenvalue weighted by Crippen LogP contribution is 2.38. The Labute approximate surface area is 123 Å². The summed E-state index contributed by atoms with van der Waals surface area (Å²) in [5.74, 6) is 0. The molecule has 0 radical (unpaired) electrons. The van der Waals surface area contributed by atoms with Gasteiger partial charge in [-0.05, 0) is 6.92 Å². The number of aromatic nitrogens is 2. The number of aliphatic hydroxyl groups excluding tert-OH is 1. The Morgan fingerprint density at radius 1 is 1.50 bits per heavy atom. The monoisotopic (exact) mass is 342 g/mol. The molecule has 1 rings (SSSR count). The number of aliphatic hydroxyl groups is 1. The van der Waals surface area contributed by atoms with Crippen LogP contribution in [0.15, 0.2) is 21.9 Å². The Kier molecular flexibility index (Phi) is 5.79. The second kappa shape index (κ2) is 6.82. The third-order valence-electron chi connectivity index (χ3n) is 2.99. The zero-order chi connectivity index (χ0) is 17.1. The fourth-order valence-electron chi connectivity index (χ4n) is 1.54. The fourth-order valence-corrected chi connectivity index (χ4v) is 1.97. The van der Waals surface area contributed by atoms with Gasteiger partial charge in [-0.1, -0.05) is 0 Å². The van der Waals surface area contributed by atoms with Crippen LogP contribution in [0.4, 0.5) is 4.39 Å². The van der Waals surface area contributed by atoms with Gasteiger partial charge in [0.15, 0.2) is 0 Å². The first-order valence-electron chi connectivity index (χ1n) is 5.89. The molecule has 10 nitrogen and oxygen atoms in total. The van der Waals surface area contributed by atoms with E-state index in [0.717, 1.165) is 26.3 Å². The molecule has 0 unspecified atom stereocenters. The van der Waals surface area contributed by atoms with E-state index in [4.69, 9.17) is 14.5 Å². The van der Waals surface area contributed by atoms with Crippen LogP contribution >= 0.6 is 7.82 Å². The average Bonchev–Trinajstić information content (AvgIpc) is 2.42. The van der Waals surface area contributed by atoms with Gasteiger partial charge < -0.3 is 19.6 Å². The van der Waals surface area contributed by atoms with Crippen molar-refractivity contribution in [1.82, 2.24) is 9.55 Å². The number of nitrogens with zero attached hydrogens (tertiary/aromatic N) is 1. The van der Waals surface area contributed by atoms with Crippen LogP contribution in [0.25, 0.3) is 0 Å². The molecule has 0 aliphatic heterocycles. The molecule has 4 N–H and O–H groups in total. The minimum Gasteiger partial charge on any atom is -0.385 e. The molecule has 12 heteroatoms. The van der Waals surface area contributed by atoms with Crippen LogP contribution in [0.3, 0.4) is 0 Å². The van der Waals surface area contributed by atoms with Gasteiger partial charge in [-0.25, -0.2) is 13.8 Å². The molecule has 0 saturated carbocycles. The Bertz CT molecular complexity index is 669. The van der Waals surface area contributed by atoms with E-state index >= 15 is 0 Å². The maximum atomic E-state index is 14.3. The molecule has 3 atom stereocenters. The summed E-state index contributed by atoms with van der Waals surface area (Å²) in [4.78, 5) is 41.5. The number of aromatic amines is 1. The third-order valence-corrected chi connectivity index (χ3v) is 3.45. The number of hydrogen-bond acceptors (Lipinski definition) is 6. The van der Waals surface area contributed by atoms with Crippen molar-refractivity contribution in [2.24, 2.45) is 0 Å². The first-order chi connectivity index (χ1) is 10.00. The van der Waals surface area contributed by atoms with Crippen molar-refractivity contribution in [3.63, 3.8) is 0 Å². The highest BCUT2D eigenvalue weighted by atomic mass is 31.2. The molecular formula is C10H16FN2O8P. The molecule has 0 bridgehead atoms. The number of phosphoric acid groups is 1. The summed E-state index contributed by atoms with van der Waals surface area (Å²) in [7, 11) is -3.80. The van der Waals surface area contributed by atoms with Crippen molar-refractivity contribution < 1.29 is 33.1 Å². The Balaban J connectivity index is 3.03. The second-order valence-corrected chi connectivity index (χ2v) is 5.86. The first-order valence-corrected chi connectivity index (χ1v) is 7.42. The summed E-state index contributed by atoms with van der Waals surface area (Å²) in [6.07, 6.45) is -3.54. The summed E-state index contributed by atoms with van der Waals surface area (Å²) in [5, 5.41) is 10.00. The zero-order valence-electron chi connectivity index (χ0n) is 11.7. The van der Waals surface area contributed by atoms with Gasteiger partial charge in [-0.2, -0.15) is 0 Å². The number of hydrogen-bond donors (Lipinski definition) is 4. The van der Waals surface area contributed by atoms with Gasteiger partial charge >= 0.3 is 13.5 Å². The number of nitrogens with one attached hydrogen (secondary N) is 1. The summed E-state index contributed by atoms with van der Waals surface area (Å²) in [6.45, 7) is 0.296. The van der Waals surface area contributed by atoms with E-state index in [0.29, 0.717) is 4.57 Å². The number of methoxy groups -OCH3 is 1. The molecule has 0 fully saturated rings. The normalized spacial score (nSPS) is 17.7. The molecule has 1 heterocycles. The molecule has 0 aliphatic rings. The van der Waals surface area contributed by atoms with Crippen LogP contribution in [0.5, 0.6) is 0 Å². The summed E-state index contributed by atoms with van der Waals surface area (Å²) < 4.78 is 34.4. The van der Waals surface area contributed by atoms with Gasteiger partial charge in [-0.3, -0.25) is 18.9 Å². The zero-order valence-corrected chi connectivity index (χ0v) is 12.6. The largest absolute Gasteiger partial charge is 0.469 e. The van der Waals surface area contributed by atoms with E-state index in [1.807, 2.05) is 0 Å². The Morgan fingerprint density at radius 3 is 2.55 bits per heavy atom. The first kappa shape index (κ1) is 18.7. The van der Waals surface area contributed by atoms with E-state index in [1.54, 1.807) is 4.98 Å². The quantitative estimate of drug-likeness (QED) is 0.455. The minimum atomic E-state index is -4.86. The highest BCUT2D eigenvalue weighted by Gasteiger charge is 2.42. The van der Waals surface area contributed by atoms with Gasteiger partial charge in [0.2, 0.25) is 6.30 Å². The van der Waals surface area contributed by atoms with Gasteiger partial charge in [0, 0.05) is 19.4 Å². The predicted octanol–water partition coefficient (Wildman–Crippen LogP) is -1.12. The summed E-state index contributed by atoms with van der Waals surface area (Å²) in [5.41, 5.74) is -3.72. The number of alkyl halides is 1. The van der Waals surface area contributed by atoms with E-state index in [-0.39, 0.29) is 0 Å². The molecule has 0 spiro atoms. The fraction of sp³-hybridized carbons (Fsp3) is 0.600. The molecular weight excluding hydrogens is 326 g/mol. The second-order valence-electron chi connectivity index (χ2n) is 4.62. The van der Waals surface area contributed by atoms with E-state index in [9.17, 15) is 23.7 Å². The number of phosphoric ester groups is 1. The lowest BCUT2D eigenvalue weighted by atomic mass is 9.99. The van der Waals surface area contributed by atoms with Crippen LogP contribution < -0.4 is 11.2 Å². The van der Waals surface area contributed by atoms with Crippen LogP contribution in [-0.4, -0.2) is 49.9 Å². The Hall–Kier alpha value is -1.36. The number of H-pyrrole nitrogens is 1. The molecule has 0 aromatic carbocycles. The number of halogens is 1. The molecule has 22 heavy (non-hydrogen) atoms. The third kappa shape index (κ3) is 4.57. The summed E-state index contributed by atoms with van der Waals surface area (Å²) in [6, 6.07) is 0.872. The lowest BCUT2D eigenvalue weighted by molar-refractivity contribution is -0.152. The van der Waals surface area contributed by atoms with Crippen molar-refractivity contribution in [2.75, 3.05) is 13.7 Å². The van der Waals surface area contributed by atoms with Crippen molar-refractivity contribution in [3.8, 4) is 0 Å². The number of ether oxygens (including phenoxy) is 1. The molecule has 0 saturated heterocycles. The average molecular weight is 342 g/mol. The molecule has 126 valence electrons. The molecule has 1 aromatic heterocycles. The van der Waals surface area contributed by atoms with Crippen molar-refractivity contribution in [2.45, 2.75) is 24.9 Å². The van der Waals surface area contributed by atoms with E-state index in [2.05, 4.69) is 4.52 Å². The lowest BCUT2D eigenvalue weighted by Gasteiger charge is -2.34. The van der Waals surface area contributed by atoms with Crippen molar-refractivity contribution in [3.05, 3.63) is 33.1 Å². The topological polar surface area (TPSA) is 151 Å². The maximum Gasteiger partial charge on any atom is 0.469 e. The van der Waals surface area contributed by atoms with Crippen LogP contribution in [0.2, 0.25) is 0 Å². The van der Waals surface area contributed by atoms with Crippen molar-refractivity contribution >= 4 is 7.82 Å². The molecule has 0 amide bonds. The SMILES string of the molecule is CO[C@](C)(COP(=O)(O)O)[C@@H](O)[C@@H](F)n1ccc(=O)[nH]c1=O. The van der Waals surface area contributed by atoms with Gasteiger partial charge in [0.1, 0.15) is 11.7 Å². The van der Waals surface area contributed by atoms with Gasteiger partial charge in [-0.15, -0.1) is 0 Å².